The highest BCUT2D eigenvalue weighted by atomic mass is 16.7. The molecule has 112 valence electrons. The van der Waals surface area contributed by atoms with E-state index in [2.05, 4.69) is 5.32 Å². The van der Waals surface area contributed by atoms with Gasteiger partial charge in [0.15, 0.2) is 11.5 Å². The lowest BCUT2D eigenvalue weighted by atomic mass is 10.3. The molecule has 0 bridgehead atoms. The summed E-state index contributed by atoms with van der Waals surface area (Å²) in [5.41, 5.74) is 0. The van der Waals surface area contributed by atoms with E-state index in [0.717, 1.165) is 0 Å². The van der Waals surface area contributed by atoms with Crippen LogP contribution in [0.3, 0.4) is 0 Å². The highest BCUT2D eigenvalue weighted by molar-refractivity contribution is 5.89. The Bertz CT molecular complexity index is 573. The summed E-state index contributed by atoms with van der Waals surface area (Å²) in [4.78, 5) is 22.3. The fraction of sp³-hybridized carbons (Fsp3) is 0.429. The first-order valence-corrected chi connectivity index (χ1v) is 6.68. The molecule has 1 saturated carbocycles. The topological polar surface area (TPSA) is 94.1 Å². The smallest absolute Gasteiger partial charge is 0.307 e. The summed E-state index contributed by atoms with van der Waals surface area (Å²) in [7, 11) is 0. The molecule has 1 amide bonds. The highest BCUT2D eigenvalue weighted by Crippen LogP contribution is 2.38. The lowest BCUT2D eigenvalue weighted by Crippen LogP contribution is -2.30. The molecule has 0 saturated heterocycles. The lowest BCUT2D eigenvalue weighted by molar-refractivity contribution is -0.140. The second-order valence-corrected chi connectivity index (χ2v) is 4.94. The van der Waals surface area contributed by atoms with Gasteiger partial charge in [-0.1, -0.05) is 0 Å². The molecule has 1 heterocycles. The normalized spacial score (nSPS) is 21.7. The zero-order valence-corrected chi connectivity index (χ0v) is 11.2. The van der Waals surface area contributed by atoms with Gasteiger partial charge in [0.1, 0.15) is 12.4 Å². The van der Waals surface area contributed by atoms with Crippen LogP contribution in [-0.2, 0) is 9.59 Å². The molecule has 1 aromatic rings. The van der Waals surface area contributed by atoms with Gasteiger partial charge in [-0.05, 0) is 18.6 Å². The van der Waals surface area contributed by atoms with E-state index in [4.69, 9.17) is 19.3 Å². The van der Waals surface area contributed by atoms with E-state index in [1.165, 1.54) is 0 Å². The van der Waals surface area contributed by atoms with Crippen molar-refractivity contribution in [3.8, 4) is 17.2 Å². The summed E-state index contributed by atoms with van der Waals surface area (Å²) in [6.07, 6.45) is 0.421. The van der Waals surface area contributed by atoms with Gasteiger partial charge in [-0.25, -0.2) is 0 Å². The molecule has 1 aromatic carbocycles. The number of ether oxygens (including phenoxy) is 3. The van der Waals surface area contributed by atoms with Gasteiger partial charge >= 0.3 is 5.97 Å². The van der Waals surface area contributed by atoms with Crippen LogP contribution < -0.4 is 19.5 Å². The van der Waals surface area contributed by atoms with E-state index in [0.29, 0.717) is 36.8 Å². The summed E-state index contributed by atoms with van der Waals surface area (Å²) in [5.74, 6) is -0.109. The highest BCUT2D eigenvalue weighted by Gasteiger charge is 2.48. The second-order valence-electron chi connectivity index (χ2n) is 4.94. The molecule has 0 radical (unpaired) electrons. The van der Waals surface area contributed by atoms with Gasteiger partial charge in [-0.2, -0.15) is 0 Å². The van der Waals surface area contributed by atoms with Gasteiger partial charge in [0.05, 0.1) is 18.4 Å². The Morgan fingerprint density at radius 3 is 2.86 bits per heavy atom. The zero-order chi connectivity index (χ0) is 14.8. The number of benzene rings is 1. The van der Waals surface area contributed by atoms with Crippen LogP contribution in [0.5, 0.6) is 17.2 Å². The Balaban J connectivity index is 1.39. The van der Waals surface area contributed by atoms with Crippen LogP contribution in [0.25, 0.3) is 0 Å². The third kappa shape index (κ3) is 3.01. The zero-order valence-electron chi connectivity index (χ0n) is 11.2. The van der Waals surface area contributed by atoms with Crippen LogP contribution in [0.4, 0.5) is 0 Å². The predicted molar refractivity (Wildman–Crippen MR) is 70.3 cm³/mol. The van der Waals surface area contributed by atoms with Gasteiger partial charge < -0.3 is 24.6 Å². The number of carboxylic acids is 1. The fourth-order valence-electron chi connectivity index (χ4n) is 2.20. The number of nitrogens with one attached hydrogen (secondary N) is 1. The van der Waals surface area contributed by atoms with Crippen LogP contribution in [0, 0.1) is 11.8 Å². The van der Waals surface area contributed by atoms with Crippen molar-refractivity contribution in [1.82, 2.24) is 5.32 Å². The van der Waals surface area contributed by atoms with Crippen molar-refractivity contribution in [2.24, 2.45) is 11.8 Å². The Labute approximate surface area is 120 Å². The molecule has 2 aliphatic rings. The monoisotopic (exact) mass is 293 g/mol. The molecule has 0 unspecified atom stereocenters. The molecule has 2 N–H and O–H groups in total. The number of amides is 1. The van der Waals surface area contributed by atoms with Crippen LogP contribution >= 0.6 is 0 Å². The SMILES string of the molecule is O=C(O)[C@@H]1C[C@H]1C(=O)NCCOc1ccc2c(c1)OCO2. The Morgan fingerprint density at radius 1 is 1.29 bits per heavy atom. The third-order valence-corrected chi connectivity index (χ3v) is 3.46. The fourth-order valence-corrected chi connectivity index (χ4v) is 2.20. The minimum absolute atomic E-state index is 0.209. The number of rotatable bonds is 6. The number of hydrogen-bond acceptors (Lipinski definition) is 5. The number of aliphatic carboxylic acids is 1. The predicted octanol–water partition coefficient (Wildman–Crippen LogP) is 0.631. The average molecular weight is 293 g/mol. The summed E-state index contributed by atoms with van der Waals surface area (Å²) < 4.78 is 15.9. The average Bonchev–Trinajstić information content (AvgIpc) is 3.15. The van der Waals surface area contributed by atoms with Crippen molar-refractivity contribution < 1.29 is 28.9 Å². The van der Waals surface area contributed by atoms with Crippen molar-refractivity contribution in [2.45, 2.75) is 6.42 Å². The summed E-state index contributed by atoms with van der Waals surface area (Å²) in [5, 5.41) is 11.4. The van der Waals surface area contributed by atoms with Crippen molar-refractivity contribution in [3.63, 3.8) is 0 Å². The molecule has 3 rings (SSSR count). The minimum atomic E-state index is -0.910. The molecule has 0 spiro atoms. The maximum absolute atomic E-state index is 11.6. The maximum Gasteiger partial charge on any atom is 0.307 e. The second kappa shape index (κ2) is 5.51. The van der Waals surface area contributed by atoms with Gasteiger partial charge in [-0.15, -0.1) is 0 Å². The number of carbonyl (C=O) groups excluding carboxylic acids is 1. The van der Waals surface area contributed by atoms with Crippen LogP contribution in [-0.4, -0.2) is 36.9 Å². The molecule has 7 heteroatoms. The summed E-state index contributed by atoms with van der Waals surface area (Å²) >= 11 is 0. The van der Waals surface area contributed by atoms with Crippen LogP contribution in [0.2, 0.25) is 0 Å². The van der Waals surface area contributed by atoms with Gasteiger partial charge in [0, 0.05) is 6.07 Å². The van der Waals surface area contributed by atoms with Crippen molar-refractivity contribution >= 4 is 11.9 Å². The van der Waals surface area contributed by atoms with E-state index in [9.17, 15) is 9.59 Å². The van der Waals surface area contributed by atoms with Gasteiger partial charge in [0.25, 0.3) is 0 Å². The number of carboxylic acid groups (broad SMARTS) is 1. The molecule has 7 nitrogen and oxygen atoms in total. The van der Waals surface area contributed by atoms with Crippen LogP contribution in [0.1, 0.15) is 6.42 Å². The first kappa shape index (κ1) is 13.5. The minimum Gasteiger partial charge on any atom is -0.492 e. The lowest BCUT2D eigenvalue weighted by Gasteiger charge is -2.08. The van der Waals surface area contributed by atoms with Crippen LogP contribution in [0.15, 0.2) is 18.2 Å². The molecule has 0 aromatic heterocycles. The summed E-state index contributed by atoms with van der Waals surface area (Å²) in [6.45, 7) is 0.840. The van der Waals surface area contributed by atoms with Crippen molar-refractivity contribution in [1.29, 1.82) is 0 Å². The van der Waals surface area contributed by atoms with E-state index >= 15 is 0 Å². The van der Waals surface area contributed by atoms with Gasteiger partial charge in [0.2, 0.25) is 12.7 Å². The molecule has 21 heavy (non-hydrogen) atoms. The number of fused-ring (bicyclic) bond motifs is 1. The first-order chi connectivity index (χ1) is 10.1. The summed E-state index contributed by atoms with van der Waals surface area (Å²) in [6, 6.07) is 5.25. The molecule has 2 atom stereocenters. The van der Waals surface area contributed by atoms with E-state index < -0.39 is 17.8 Å². The number of hydrogen-bond donors (Lipinski definition) is 2. The molecular weight excluding hydrogens is 278 g/mol. The van der Waals surface area contributed by atoms with E-state index in [1.54, 1.807) is 18.2 Å². The Kier molecular flexibility index (Phi) is 3.55. The maximum atomic E-state index is 11.6. The standard InChI is InChI=1S/C14H15NO6/c16-13(9-6-10(9)14(17)18)15-3-4-19-8-1-2-11-12(5-8)21-7-20-11/h1-2,5,9-10H,3-4,6-7H2,(H,15,16)(H,17,18)/t9-,10-/m1/s1. The van der Waals surface area contributed by atoms with Crippen molar-refractivity contribution in [2.75, 3.05) is 19.9 Å². The largest absolute Gasteiger partial charge is 0.492 e. The van der Waals surface area contributed by atoms with E-state index in [1.807, 2.05) is 0 Å². The Morgan fingerprint density at radius 2 is 2.10 bits per heavy atom. The quantitative estimate of drug-likeness (QED) is 0.747. The molecular formula is C14H15NO6. The Hall–Kier alpha value is -2.44. The number of carbonyl (C=O) groups is 2. The molecule has 1 aliphatic heterocycles. The third-order valence-electron chi connectivity index (χ3n) is 3.46. The molecule has 1 fully saturated rings. The van der Waals surface area contributed by atoms with E-state index in [-0.39, 0.29) is 12.7 Å². The first-order valence-electron chi connectivity index (χ1n) is 6.68. The van der Waals surface area contributed by atoms with Gasteiger partial charge in [-0.3, -0.25) is 9.59 Å². The van der Waals surface area contributed by atoms with Crippen molar-refractivity contribution in [3.05, 3.63) is 18.2 Å². The molecule has 1 aliphatic carbocycles.